The van der Waals surface area contributed by atoms with Gasteiger partial charge in [0.2, 0.25) is 0 Å². The van der Waals surface area contributed by atoms with E-state index in [2.05, 4.69) is 15.6 Å². The number of pyridine rings is 1. The molecule has 0 saturated carbocycles. The number of benzene rings is 2. The third-order valence-corrected chi connectivity index (χ3v) is 3.73. The first-order valence-corrected chi connectivity index (χ1v) is 7.61. The number of rotatable bonds is 5. The van der Waals surface area contributed by atoms with E-state index in [4.69, 9.17) is 0 Å². The van der Waals surface area contributed by atoms with Gasteiger partial charge in [0.15, 0.2) is 0 Å². The van der Waals surface area contributed by atoms with Crippen LogP contribution in [0.5, 0.6) is 0 Å². The standard InChI is InChI=1S/C18H18FN3O/c1-20-8-3-9-21-18(23)15-5-2-4-12-10-13-11-14(19)6-7-16(13)22-17(12)15/h2,4-7,10-11,20H,3,8-9H2,1H3,(H,21,23). The number of carbonyl (C=O) groups excluding carboxylic acids is 1. The van der Waals surface area contributed by atoms with Crippen LogP contribution in [0.1, 0.15) is 16.8 Å². The van der Waals surface area contributed by atoms with Crippen LogP contribution in [-0.2, 0) is 0 Å². The van der Waals surface area contributed by atoms with Crippen molar-refractivity contribution in [2.24, 2.45) is 0 Å². The second-order valence-electron chi connectivity index (χ2n) is 5.42. The fourth-order valence-corrected chi connectivity index (χ4v) is 2.58. The summed E-state index contributed by atoms with van der Waals surface area (Å²) >= 11 is 0. The van der Waals surface area contributed by atoms with Gasteiger partial charge < -0.3 is 10.6 Å². The molecule has 0 aliphatic carbocycles. The van der Waals surface area contributed by atoms with Crippen molar-refractivity contribution in [2.45, 2.75) is 6.42 Å². The molecule has 2 N–H and O–H groups in total. The van der Waals surface area contributed by atoms with Crippen LogP contribution in [-0.4, -0.2) is 31.0 Å². The SMILES string of the molecule is CNCCCNC(=O)c1cccc2cc3cc(F)ccc3nc12. The van der Waals surface area contributed by atoms with Gasteiger partial charge in [-0.2, -0.15) is 0 Å². The molecule has 3 aromatic rings. The van der Waals surface area contributed by atoms with Crippen molar-refractivity contribution in [2.75, 3.05) is 20.1 Å². The molecule has 1 aromatic heterocycles. The highest BCUT2D eigenvalue weighted by Crippen LogP contribution is 2.23. The second kappa shape index (κ2) is 6.71. The Bertz CT molecular complexity index is 863. The third-order valence-electron chi connectivity index (χ3n) is 3.73. The molecule has 118 valence electrons. The van der Waals surface area contributed by atoms with Gasteiger partial charge in [0.25, 0.3) is 5.91 Å². The first-order chi connectivity index (χ1) is 11.2. The second-order valence-corrected chi connectivity index (χ2v) is 5.42. The van der Waals surface area contributed by atoms with Gasteiger partial charge in [-0.05, 0) is 50.3 Å². The number of hydrogen-bond donors (Lipinski definition) is 2. The van der Waals surface area contributed by atoms with E-state index in [0.717, 1.165) is 23.7 Å². The average molecular weight is 311 g/mol. The molecule has 5 heteroatoms. The Morgan fingerprint density at radius 3 is 2.83 bits per heavy atom. The Morgan fingerprint density at radius 1 is 1.13 bits per heavy atom. The summed E-state index contributed by atoms with van der Waals surface area (Å²) in [5, 5.41) is 7.50. The maximum Gasteiger partial charge on any atom is 0.253 e. The zero-order valence-corrected chi connectivity index (χ0v) is 12.9. The minimum Gasteiger partial charge on any atom is -0.352 e. The zero-order chi connectivity index (χ0) is 16.2. The minimum atomic E-state index is -0.294. The molecule has 4 nitrogen and oxygen atoms in total. The van der Waals surface area contributed by atoms with E-state index in [1.807, 2.05) is 25.2 Å². The number of nitrogens with one attached hydrogen (secondary N) is 2. The van der Waals surface area contributed by atoms with Crippen LogP contribution in [0.25, 0.3) is 21.8 Å². The summed E-state index contributed by atoms with van der Waals surface area (Å²) in [7, 11) is 1.88. The lowest BCUT2D eigenvalue weighted by atomic mass is 10.1. The Kier molecular flexibility index (Phi) is 4.48. The molecule has 3 rings (SSSR count). The van der Waals surface area contributed by atoms with E-state index in [0.29, 0.717) is 23.1 Å². The van der Waals surface area contributed by atoms with Gasteiger partial charge in [-0.25, -0.2) is 9.37 Å². The maximum absolute atomic E-state index is 13.3. The van der Waals surface area contributed by atoms with Crippen LogP contribution in [0.4, 0.5) is 4.39 Å². The van der Waals surface area contributed by atoms with Crippen molar-refractivity contribution < 1.29 is 9.18 Å². The van der Waals surface area contributed by atoms with Crippen molar-refractivity contribution in [3.8, 4) is 0 Å². The molecule has 0 aliphatic rings. The summed E-state index contributed by atoms with van der Waals surface area (Å²) in [5.74, 6) is -0.433. The lowest BCUT2D eigenvalue weighted by Gasteiger charge is -2.09. The van der Waals surface area contributed by atoms with Crippen molar-refractivity contribution in [3.63, 3.8) is 0 Å². The van der Waals surface area contributed by atoms with E-state index in [-0.39, 0.29) is 11.7 Å². The predicted octanol–water partition coefficient (Wildman–Crippen LogP) is 2.87. The van der Waals surface area contributed by atoms with Crippen molar-refractivity contribution in [3.05, 3.63) is 53.8 Å². The Morgan fingerprint density at radius 2 is 2.00 bits per heavy atom. The summed E-state index contributed by atoms with van der Waals surface area (Å²) in [5.41, 5.74) is 1.85. The quantitative estimate of drug-likeness (QED) is 0.563. The van der Waals surface area contributed by atoms with E-state index in [9.17, 15) is 9.18 Å². The van der Waals surface area contributed by atoms with Crippen molar-refractivity contribution >= 4 is 27.7 Å². The van der Waals surface area contributed by atoms with E-state index < -0.39 is 0 Å². The summed E-state index contributed by atoms with van der Waals surface area (Å²) < 4.78 is 13.3. The van der Waals surface area contributed by atoms with Crippen LogP contribution in [0.3, 0.4) is 0 Å². The first kappa shape index (κ1) is 15.4. The van der Waals surface area contributed by atoms with Crippen molar-refractivity contribution in [1.82, 2.24) is 15.6 Å². The number of amides is 1. The predicted molar refractivity (Wildman–Crippen MR) is 90.1 cm³/mol. The van der Waals surface area contributed by atoms with E-state index in [1.54, 1.807) is 12.1 Å². The molecule has 2 aromatic carbocycles. The molecule has 0 unspecified atom stereocenters. The molecule has 0 radical (unpaired) electrons. The summed E-state index contributed by atoms with van der Waals surface area (Å²) in [6.07, 6.45) is 0.864. The molecule has 1 amide bonds. The fraction of sp³-hybridized carbons (Fsp3) is 0.222. The van der Waals surface area contributed by atoms with Gasteiger partial charge in [0.1, 0.15) is 5.82 Å². The van der Waals surface area contributed by atoms with Crippen LogP contribution < -0.4 is 10.6 Å². The highest BCUT2D eigenvalue weighted by atomic mass is 19.1. The molecular weight excluding hydrogens is 293 g/mol. The molecule has 0 aliphatic heterocycles. The minimum absolute atomic E-state index is 0.138. The number of nitrogens with zero attached hydrogens (tertiary/aromatic N) is 1. The number of fused-ring (bicyclic) bond motifs is 2. The summed E-state index contributed by atoms with van der Waals surface area (Å²) in [4.78, 5) is 16.9. The largest absolute Gasteiger partial charge is 0.352 e. The number of hydrogen-bond acceptors (Lipinski definition) is 3. The van der Waals surface area contributed by atoms with Gasteiger partial charge >= 0.3 is 0 Å². The molecular formula is C18H18FN3O. The van der Waals surface area contributed by atoms with Crippen LogP contribution in [0.15, 0.2) is 42.5 Å². The number of para-hydroxylation sites is 1. The third kappa shape index (κ3) is 3.29. The van der Waals surface area contributed by atoms with Gasteiger partial charge in [-0.15, -0.1) is 0 Å². The van der Waals surface area contributed by atoms with Crippen LogP contribution in [0, 0.1) is 5.82 Å². The highest BCUT2D eigenvalue weighted by Gasteiger charge is 2.11. The fourth-order valence-electron chi connectivity index (χ4n) is 2.58. The molecule has 0 spiro atoms. The normalized spacial score (nSPS) is 11.0. The molecule has 0 bridgehead atoms. The van der Waals surface area contributed by atoms with Gasteiger partial charge in [-0.3, -0.25) is 4.79 Å². The molecule has 23 heavy (non-hydrogen) atoms. The van der Waals surface area contributed by atoms with E-state index in [1.165, 1.54) is 12.1 Å². The maximum atomic E-state index is 13.3. The number of carbonyl (C=O) groups is 1. The first-order valence-electron chi connectivity index (χ1n) is 7.61. The lowest BCUT2D eigenvalue weighted by Crippen LogP contribution is -2.26. The van der Waals surface area contributed by atoms with Gasteiger partial charge in [0.05, 0.1) is 16.6 Å². The molecule has 0 fully saturated rings. The topological polar surface area (TPSA) is 54.0 Å². The smallest absolute Gasteiger partial charge is 0.253 e. The monoisotopic (exact) mass is 311 g/mol. The molecule has 0 saturated heterocycles. The van der Waals surface area contributed by atoms with Gasteiger partial charge in [0, 0.05) is 17.3 Å². The Balaban J connectivity index is 1.97. The number of halogens is 1. The Labute approximate surface area is 133 Å². The average Bonchev–Trinajstić information content (AvgIpc) is 2.56. The molecule has 0 atom stereocenters. The molecule has 1 heterocycles. The zero-order valence-electron chi connectivity index (χ0n) is 12.9. The van der Waals surface area contributed by atoms with Gasteiger partial charge in [-0.1, -0.05) is 12.1 Å². The van der Waals surface area contributed by atoms with E-state index >= 15 is 0 Å². The Hall–Kier alpha value is -2.53. The van der Waals surface area contributed by atoms with Crippen LogP contribution >= 0.6 is 0 Å². The highest BCUT2D eigenvalue weighted by molar-refractivity contribution is 6.07. The lowest BCUT2D eigenvalue weighted by molar-refractivity contribution is 0.0955. The van der Waals surface area contributed by atoms with Crippen LogP contribution in [0.2, 0.25) is 0 Å². The van der Waals surface area contributed by atoms with Crippen molar-refractivity contribution in [1.29, 1.82) is 0 Å². The summed E-state index contributed by atoms with van der Waals surface area (Å²) in [6, 6.07) is 11.8. The summed E-state index contributed by atoms with van der Waals surface area (Å²) in [6.45, 7) is 1.46. The number of aromatic nitrogens is 1.